The first-order valence-electron chi connectivity index (χ1n) is 10.8. The minimum atomic E-state index is -0.741. The molecule has 2 rings (SSSR count). The van der Waals surface area contributed by atoms with Gasteiger partial charge in [-0.1, -0.05) is 72.1 Å². The van der Waals surface area contributed by atoms with Gasteiger partial charge in [-0.05, 0) is 99.5 Å². The summed E-state index contributed by atoms with van der Waals surface area (Å²) in [4.78, 5) is 2.23. The number of nitrogens with zero attached hydrogens (tertiary/aromatic N) is 1. The van der Waals surface area contributed by atoms with Gasteiger partial charge >= 0.3 is 0 Å². The normalized spacial score (nSPS) is 9.91. The molecule has 0 unspecified atom stereocenters. The van der Waals surface area contributed by atoms with Crippen LogP contribution in [0, 0.1) is 0 Å². The summed E-state index contributed by atoms with van der Waals surface area (Å²) >= 11 is 0. The molecule has 0 saturated carbocycles. The molecule has 2 nitrogen and oxygen atoms in total. The van der Waals surface area contributed by atoms with E-state index >= 15 is 0 Å². The second-order valence-corrected chi connectivity index (χ2v) is 7.10. The Morgan fingerprint density at radius 3 is 1.54 bits per heavy atom. The average molecular weight is 482 g/mol. The minimum absolute atomic E-state index is 0. The van der Waals surface area contributed by atoms with Crippen molar-refractivity contribution in [2.45, 2.75) is 32.2 Å². The Hall–Kier alpha value is -4.98. The van der Waals surface area contributed by atoms with Crippen LogP contribution in [0.2, 0.25) is 0 Å². The second-order valence-electron chi connectivity index (χ2n) is 7.10. The zero-order valence-electron chi connectivity index (χ0n) is 19.5. The van der Waals surface area contributed by atoms with Gasteiger partial charge in [0.05, 0.1) is 6.10 Å². The van der Waals surface area contributed by atoms with Crippen LogP contribution in [0.3, 0.4) is 0 Å². The summed E-state index contributed by atoms with van der Waals surface area (Å²) in [6.45, 7) is 6.76. The highest BCUT2D eigenvalue weighted by Crippen LogP contribution is 2.16. The molecule has 0 aromatic heterocycles. The van der Waals surface area contributed by atoms with Crippen molar-refractivity contribution < 1.29 is 27.9 Å². The van der Waals surface area contributed by atoms with Gasteiger partial charge in [0.1, 0.15) is 0 Å². The Kier molecular flexibility index (Phi) is 12.5. The molecule has 1 N–H and O–H groups in total. The molecule has 0 heterocycles. The van der Waals surface area contributed by atoms with Crippen LogP contribution in [0.4, 0.5) is 0 Å². The largest absolute Gasteiger partial charge is 0.387 e. The number of rotatable bonds is 7. The van der Waals surface area contributed by atoms with E-state index < -0.39 is 6.10 Å². The van der Waals surface area contributed by atoms with Crippen LogP contribution in [0.5, 0.6) is 0 Å². The Morgan fingerprint density at radius 2 is 1.11 bits per heavy atom. The lowest BCUT2D eigenvalue weighted by atomic mass is 10.1. The third-order valence-electron chi connectivity index (χ3n) is 4.63. The second kappa shape index (κ2) is 16.6. The molecule has 0 spiro atoms. The Labute approximate surface area is 230 Å². The van der Waals surface area contributed by atoms with Crippen LogP contribution in [-0.4, -0.2) is 22.2 Å². The molecular formula is C33H55NO. The first-order valence-corrected chi connectivity index (χ1v) is 10.8. The number of benzene rings is 2. The number of hydrogen-bond donors (Lipinski definition) is 1. The van der Waals surface area contributed by atoms with Crippen molar-refractivity contribution in [3.63, 3.8) is 0 Å². The lowest BCUT2D eigenvalue weighted by molar-refractivity contribution is 0.0781. The molecule has 0 radical (unpaired) electrons. The predicted octanol–water partition coefficient (Wildman–Crippen LogP) is 9.73. The van der Waals surface area contributed by atoms with Crippen molar-refractivity contribution >= 4 is 0 Å². The van der Waals surface area contributed by atoms with E-state index in [0.29, 0.717) is 13.1 Å². The van der Waals surface area contributed by atoms with Gasteiger partial charge in [0.2, 0.25) is 0 Å². The highest BCUT2D eigenvalue weighted by Gasteiger charge is 2.20. The van der Waals surface area contributed by atoms with Gasteiger partial charge < -0.3 is 5.11 Å². The highest BCUT2D eigenvalue weighted by atomic mass is 16.3. The Morgan fingerprint density at radius 1 is 0.714 bits per heavy atom. The maximum atomic E-state index is 10.7. The summed E-state index contributed by atoms with van der Waals surface area (Å²) in [7, 11) is 0. The van der Waals surface area contributed by atoms with Crippen LogP contribution < -0.4 is 0 Å². The van der Waals surface area contributed by atoms with Gasteiger partial charge in [0, 0.05) is 42.0 Å². The van der Waals surface area contributed by atoms with Crippen molar-refractivity contribution in [2.24, 2.45) is 0 Å². The van der Waals surface area contributed by atoms with E-state index in [9.17, 15) is 5.11 Å². The first-order chi connectivity index (χ1) is 17.2. The summed E-state index contributed by atoms with van der Waals surface area (Å²) in [6, 6.07) is 20.3. The molecule has 198 valence electrons. The Bertz CT molecular complexity index is 1530. The molecule has 2 atom stereocenters. The van der Waals surface area contributed by atoms with E-state index in [1.807, 2.05) is 43.3 Å². The van der Waals surface area contributed by atoms with Crippen molar-refractivity contribution in [3.8, 4) is 0 Å². The van der Waals surface area contributed by atoms with Crippen molar-refractivity contribution in [2.75, 3.05) is 0 Å². The van der Waals surface area contributed by atoms with Gasteiger partial charge in [-0.25, -0.2) is 0 Å². The van der Waals surface area contributed by atoms with Gasteiger partial charge in [-0.15, -0.1) is 0 Å². The van der Waals surface area contributed by atoms with Crippen LogP contribution in [0.15, 0.2) is 154 Å². The van der Waals surface area contributed by atoms with Gasteiger partial charge in [-0.2, -0.15) is 0 Å². The molecule has 2 aromatic carbocycles. The van der Waals surface area contributed by atoms with Crippen LogP contribution >= 0.6 is 0 Å². The molecule has 0 bridgehead atoms. The molecular weight excluding hydrogens is 426 g/mol. The standard InChI is InChI=1S/C33H23NO.16H2/c1-3-4-5-6-7-8-9-10-11-12-13-14-15-22-27-33(35)30(2)34(28-31-23-18-16-19-24-31)29-32-25-20-17-21-26-32;;;;;;;;;;;;;;;;/h16-21,23-27,30,33,35H,1,28-29H2,2H3;16*1H/t30-,33-;;;;;;;;;;;;;;;;/m0................/s1. The molecule has 0 aliphatic carbocycles. The molecule has 2 heteroatoms. The van der Waals surface area contributed by atoms with E-state index in [0.717, 1.165) is 0 Å². The molecule has 0 aliphatic rings. The van der Waals surface area contributed by atoms with Crippen molar-refractivity contribution in [1.82, 2.24) is 4.90 Å². The van der Waals surface area contributed by atoms with Gasteiger partial charge in [-0.3, -0.25) is 4.90 Å². The minimum Gasteiger partial charge on any atom is -0.387 e. The van der Waals surface area contributed by atoms with E-state index in [-0.39, 0.29) is 28.9 Å². The lowest BCUT2D eigenvalue weighted by Gasteiger charge is -2.31. The summed E-state index contributed by atoms with van der Waals surface area (Å²) in [5.41, 5.74) is 38.2. The smallest absolute Gasteiger partial charge is 0.0953 e. The quantitative estimate of drug-likeness (QED) is 0.398. The summed E-state index contributed by atoms with van der Waals surface area (Å²) in [5.74, 6) is 0. The zero-order chi connectivity index (χ0) is 25.0. The third kappa shape index (κ3) is 11.4. The Balaban J connectivity index is -0.0000000623. The van der Waals surface area contributed by atoms with Crippen LogP contribution in [-0.2, 0) is 13.1 Å². The van der Waals surface area contributed by atoms with E-state index in [2.05, 4.69) is 116 Å². The predicted molar refractivity (Wildman–Crippen MR) is 171 cm³/mol. The number of aliphatic hydroxyl groups excluding tert-OH is 1. The van der Waals surface area contributed by atoms with E-state index in [1.54, 1.807) is 6.08 Å². The maximum Gasteiger partial charge on any atom is 0.0953 e. The number of hydrogen-bond acceptors (Lipinski definition) is 2. The monoisotopic (exact) mass is 481 g/mol. The fourth-order valence-corrected chi connectivity index (χ4v) is 2.85. The molecule has 2 aromatic rings. The molecule has 0 saturated heterocycles. The van der Waals surface area contributed by atoms with Gasteiger partial charge in [0.25, 0.3) is 0 Å². The summed E-state index contributed by atoms with van der Waals surface area (Å²) in [6.07, 6.45) is 0.820. The molecule has 0 amide bonds. The zero-order valence-corrected chi connectivity index (χ0v) is 19.5. The van der Waals surface area contributed by atoms with E-state index in [1.165, 1.54) is 11.1 Å². The molecule has 35 heavy (non-hydrogen) atoms. The highest BCUT2D eigenvalue weighted by molar-refractivity contribution is 5.17. The average Bonchev–Trinajstić information content (AvgIpc) is 2.89. The van der Waals surface area contributed by atoms with Crippen LogP contribution in [0.1, 0.15) is 40.9 Å². The summed E-state index contributed by atoms with van der Waals surface area (Å²) in [5, 5.41) is 10.7. The fraction of sp³-hybridized carbons (Fsp3) is 0.152. The fourth-order valence-electron chi connectivity index (χ4n) is 2.85. The lowest BCUT2D eigenvalue weighted by Crippen LogP contribution is -2.39. The topological polar surface area (TPSA) is 23.5 Å². The first kappa shape index (κ1) is 26.3. The molecule has 0 aliphatic heterocycles. The van der Waals surface area contributed by atoms with E-state index in [4.69, 9.17) is 0 Å². The van der Waals surface area contributed by atoms with Crippen LogP contribution in [0.25, 0.3) is 0 Å². The third-order valence-corrected chi connectivity index (χ3v) is 4.63. The van der Waals surface area contributed by atoms with Crippen molar-refractivity contribution in [1.29, 1.82) is 0 Å². The van der Waals surface area contributed by atoms with Crippen molar-refractivity contribution in [3.05, 3.63) is 165 Å². The SMILES string of the molecule is C=C=C=C=C=C=C=C=C=C=C=C=C=C=C=C[C@H](O)[C@H](C)N(Cc1ccccc1)Cc1ccccc1.[HH].[HH].[HH].[HH].[HH].[HH].[HH].[HH].[HH].[HH].[HH].[HH].[HH].[HH].[HH].[HH]. The molecule has 0 fully saturated rings. The number of aliphatic hydroxyl groups is 1. The van der Waals surface area contributed by atoms with Gasteiger partial charge in [0.15, 0.2) is 0 Å². The summed E-state index contributed by atoms with van der Waals surface area (Å²) < 4.78 is 0. The maximum absolute atomic E-state index is 10.7.